The van der Waals surface area contributed by atoms with Crippen LogP contribution in [0.4, 0.5) is 0 Å². The first-order valence-corrected chi connectivity index (χ1v) is 4.33. The molecule has 0 amide bonds. The first kappa shape index (κ1) is 9.92. The first-order valence-electron chi connectivity index (χ1n) is 4.33. The van der Waals surface area contributed by atoms with E-state index in [0.717, 1.165) is 0 Å². The minimum absolute atomic E-state index is 0.0660. The lowest BCUT2D eigenvalue weighted by molar-refractivity contribution is -0.0202. The Morgan fingerprint density at radius 3 is 2.83 bits per heavy atom. The highest BCUT2D eigenvalue weighted by atomic mass is 16.7. The van der Waals surface area contributed by atoms with Crippen LogP contribution in [-0.2, 0) is 9.57 Å². The molecule has 0 bridgehead atoms. The molecule has 1 fully saturated rings. The second kappa shape index (κ2) is 4.77. The molecule has 1 heterocycles. The average Bonchev–Trinajstić information content (AvgIpc) is 2.36. The Labute approximate surface area is 72.8 Å². The van der Waals surface area contributed by atoms with Crippen molar-refractivity contribution in [1.82, 2.24) is 5.48 Å². The lowest BCUT2D eigenvalue weighted by atomic mass is 10.2. The Morgan fingerprint density at radius 2 is 2.33 bits per heavy atom. The third-order valence-electron chi connectivity index (χ3n) is 1.70. The zero-order valence-electron chi connectivity index (χ0n) is 7.62. The number of aliphatic hydroxyl groups is 1. The molecule has 0 aromatic rings. The monoisotopic (exact) mass is 175 g/mol. The summed E-state index contributed by atoms with van der Waals surface area (Å²) >= 11 is 0. The summed E-state index contributed by atoms with van der Waals surface area (Å²) in [6.45, 7) is 5.73. The van der Waals surface area contributed by atoms with Gasteiger partial charge in [-0.3, -0.25) is 0 Å². The van der Waals surface area contributed by atoms with Crippen LogP contribution < -0.4 is 5.48 Å². The minimum Gasteiger partial charge on any atom is -0.389 e. The quantitative estimate of drug-likeness (QED) is 0.587. The van der Waals surface area contributed by atoms with Crippen molar-refractivity contribution < 1.29 is 14.7 Å². The fourth-order valence-corrected chi connectivity index (χ4v) is 0.977. The highest BCUT2D eigenvalue weighted by Crippen LogP contribution is 2.04. The van der Waals surface area contributed by atoms with Gasteiger partial charge in [-0.2, -0.15) is 5.48 Å². The molecule has 2 unspecified atom stereocenters. The molecule has 1 saturated heterocycles. The fraction of sp³-hybridized carbons (Fsp3) is 1.00. The van der Waals surface area contributed by atoms with Crippen molar-refractivity contribution in [3.05, 3.63) is 0 Å². The molecule has 0 aromatic carbocycles. The molecule has 2 N–H and O–H groups in total. The molecular weight excluding hydrogens is 158 g/mol. The maximum atomic E-state index is 9.29. The predicted octanol–water partition coefficient (Wildman–Crippen LogP) is -0.0767. The summed E-state index contributed by atoms with van der Waals surface area (Å²) in [7, 11) is 0. The first-order chi connectivity index (χ1) is 5.70. The predicted molar refractivity (Wildman–Crippen MR) is 44.5 cm³/mol. The summed E-state index contributed by atoms with van der Waals surface area (Å²) in [6.07, 6.45) is -0.433. The van der Waals surface area contributed by atoms with Gasteiger partial charge in [-0.25, -0.2) is 0 Å². The van der Waals surface area contributed by atoms with E-state index in [2.05, 4.69) is 19.3 Å². The van der Waals surface area contributed by atoms with Crippen molar-refractivity contribution in [2.75, 3.05) is 19.8 Å². The van der Waals surface area contributed by atoms with Crippen LogP contribution in [0.25, 0.3) is 0 Å². The lowest BCUT2D eigenvalue weighted by Crippen LogP contribution is -2.39. The van der Waals surface area contributed by atoms with Crippen LogP contribution in [0, 0.1) is 5.92 Å². The molecule has 12 heavy (non-hydrogen) atoms. The van der Waals surface area contributed by atoms with Gasteiger partial charge in [-0.05, 0) is 5.92 Å². The van der Waals surface area contributed by atoms with Gasteiger partial charge in [0.1, 0.15) is 0 Å². The van der Waals surface area contributed by atoms with Gasteiger partial charge in [0.15, 0.2) is 0 Å². The Balaban J connectivity index is 2.06. The maximum absolute atomic E-state index is 9.29. The van der Waals surface area contributed by atoms with E-state index < -0.39 is 6.10 Å². The summed E-state index contributed by atoms with van der Waals surface area (Å²) < 4.78 is 5.03. The number of rotatable bonds is 4. The van der Waals surface area contributed by atoms with Crippen LogP contribution in [0.5, 0.6) is 0 Å². The Hall–Kier alpha value is -0.160. The zero-order chi connectivity index (χ0) is 8.97. The van der Waals surface area contributed by atoms with Crippen molar-refractivity contribution >= 4 is 0 Å². The second-order valence-corrected chi connectivity index (χ2v) is 3.53. The van der Waals surface area contributed by atoms with E-state index >= 15 is 0 Å². The topological polar surface area (TPSA) is 50.7 Å². The average molecular weight is 175 g/mol. The number of ether oxygens (including phenoxy) is 1. The van der Waals surface area contributed by atoms with Crippen molar-refractivity contribution in [3.63, 3.8) is 0 Å². The maximum Gasteiger partial charge on any atom is 0.0971 e. The fourth-order valence-electron chi connectivity index (χ4n) is 0.977. The van der Waals surface area contributed by atoms with Crippen LogP contribution in [0.2, 0.25) is 0 Å². The zero-order valence-corrected chi connectivity index (χ0v) is 7.62. The third-order valence-corrected chi connectivity index (χ3v) is 1.70. The van der Waals surface area contributed by atoms with E-state index in [1.807, 2.05) is 0 Å². The van der Waals surface area contributed by atoms with E-state index in [1.165, 1.54) is 0 Å². The molecule has 4 heteroatoms. The van der Waals surface area contributed by atoms with Crippen LogP contribution in [0.1, 0.15) is 13.8 Å². The summed E-state index contributed by atoms with van der Waals surface area (Å²) in [4.78, 5) is 5.16. The van der Waals surface area contributed by atoms with Crippen LogP contribution >= 0.6 is 0 Å². The molecule has 1 rings (SSSR count). The van der Waals surface area contributed by atoms with Gasteiger partial charge in [0.2, 0.25) is 0 Å². The van der Waals surface area contributed by atoms with E-state index in [0.29, 0.717) is 25.7 Å². The standard InChI is InChI=1S/C8H17NO3/c1-6(2)3-12-9-7-4-11-5-8(7)10/h6-10H,3-5H2,1-2H3. The number of nitrogens with one attached hydrogen (secondary N) is 1. The van der Waals surface area contributed by atoms with E-state index in [1.54, 1.807) is 0 Å². The van der Waals surface area contributed by atoms with Gasteiger partial charge in [0.05, 0.1) is 32.0 Å². The van der Waals surface area contributed by atoms with Crippen LogP contribution in [0.15, 0.2) is 0 Å². The molecule has 0 radical (unpaired) electrons. The van der Waals surface area contributed by atoms with Gasteiger partial charge in [0.25, 0.3) is 0 Å². The second-order valence-electron chi connectivity index (χ2n) is 3.53. The molecule has 0 spiro atoms. The van der Waals surface area contributed by atoms with Crippen molar-refractivity contribution in [2.24, 2.45) is 5.92 Å². The van der Waals surface area contributed by atoms with E-state index in [4.69, 9.17) is 9.57 Å². The van der Waals surface area contributed by atoms with Crippen molar-refractivity contribution in [1.29, 1.82) is 0 Å². The highest BCUT2D eigenvalue weighted by molar-refractivity contribution is 4.77. The largest absolute Gasteiger partial charge is 0.389 e. The van der Waals surface area contributed by atoms with Crippen molar-refractivity contribution in [3.8, 4) is 0 Å². The normalized spacial score (nSPS) is 30.0. The molecule has 0 aliphatic carbocycles. The molecule has 2 atom stereocenters. The smallest absolute Gasteiger partial charge is 0.0971 e. The number of hydroxylamine groups is 1. The minimum atomic E-state index is -0.433. The molecular formula is C8H17NO3. The van der Waals surface area contributed by atoms with Gasteiger partial charge in [0, 0.05) is 0 Å². The SMILES string of the molecule is CC(C)CONC1COCC1O. The van der Waals surface area contributed by atoms with Gasteiger partial charge >= 0.3 is 0 Å². The molecule has 0 aromatic heterocycles. The lowest BCUT2D eigenvalue weighted by Gasteiger charge is -2.15. The summed E-state index contributed by atoms with van der Waals surface area (Å²) in [5.74, 6) is 0.497. The van der Waals surface area contributed by atoms with Crippen molar-refractivity contribution in [2.45, 2.75) is 26.0 Å². The van der Waals surface area contributed by atoms with E-state index in [9.17, 15) is 5.11 Å². The Kier molecular flexibility index (Phi) is 3.94. The number of aliphatic hydroxyl groups excluding tert-OH is 1. The molecule has 72 valence electrons. The molecule has 0 saturated carbocycles. The highest BCUT2D eigenvalue weighted by Gasteiger charge is 2.25. The summed E-state index contributed by atoms with van der Waals surface area (Å²) in [5, 5.41) is 9.29. The van der Waals surface area contributed by atoms with Crippen LogP contribution in [-0.4, -0.2) is 37.1 Å². The van der Waals surface area contributed by atoms with Gasteiger partial charge < -0.3 is 14.7 Å². The number of hydrogen-bond donors (Lipinski definition) is 2. The Bertz CT molecular complexity index is 129. The molecule has 1 aliphatic rings. The Morgan fingerprint density at radius 1 is 1.58 bits per heavy atom. The van der Waals surface area contributed by atoms with E-state index in [-0.39, 0.29) is 6.04 Å². The van der Waals surface area contributed by atoms with Gasteiger partial charge in [-0.15, -0.1) is 0 Å². The van der Waals surface area contributed by atoms with Gasteiger partial charge in [-0.1, -0.05) is 13.8 Å². The number of hydrogen-bond acceptors (Lipinski definition) is 4. The van der Waals surface area contributed by atoms with Crippen LogP contribution in [0.3, 0.4) is 0 Å². The summed E-state index contributed by atoms with van der Waals surface area (Å²) in [5.41, 5.74) is 2.79. The summed E-state index contributed by atoms with van der Waals surface area (Å²) in [6, 6.07) is -0.0660. The molecule has 1 aliphatic heterocycles. The third kappa shape index (κ3) is 3.06. The molecule has 4 nitrogen and oxygen atoms in total.